The number of thiazole rings is 1. The Balaban J connectivity index is 1.55. The van der Waals surface area contributed by atoms with Crippen LogP contribution in [0.15, 0.2) is 47.0 Å². The molecule has 2 aromatic rings. The third-order valence-corrected chi connectivity index (χ3v) is 6.20. The van der Waals surface area contributed by atoms with Crippen LogP contribution in [-0.2, 0) is 14.3 Å². The summed E-state index contributed by atoms with van der Waals surface area (Å²) in [6.07, 6.45) is 4.05. The van der Waals surface area contributed by atoms with Gasteiger partial charge in [-0.05, 0) is 31.9 Å². The van der Waals surface area contributed by atoms with Crippen molar-refractivity contribution in [2.75, 3.05) is 24.7 Å². The van der Waals surface area contributed by atoms with Gasteiger partial charge in [-0.2, -0.15) is 5.10 Å². The molecular weight excluding hydrogens is 388 g/mol. The maximum Gasteiger partial charge on any atom is 0.354 e. The largest absolute Gasteiger partial charge is 0.461 e. The molecule has 0 aliphatic carbocycles. The van der Waals surface area contributed by atoms with E-state index in [-0.39, 0.29) is 24.9 Å². The average Bonchev–Trinajstić information content (AvgIpc) is 3.45. The quantitative estimate of drug-likeness (QED) is 0.706. The van der Waals surface area contributed by atoms with Gasteiger partial charge in [0.25, 0.3) is 0 Å². The highest BCUT2D eigenvalue weighted by molar-refractivity contribution is 7.09. The molecule has 0 N–H and O–H groups in total. The molecule has 3 heterocycles. The fourth-order valence-electron chi connectivity index (χ4n) is 3.88. The molecule has 1 aromatic carbocycles. The highest BCUT2D eigenvalue weighted by Gasteiger charge is 2.40. The van der Waals surface area contributed by atoms with E-state index in [2.05, 4.69) is 10.1 Å². The molecule has 0 saturated carbocycles. The third-order valence-electron chi connectivity index (χ3n) is 5.26. The Hall–Kier alpha value is -2.74. The Bertz CT molecular complexity index is 885. The number of ether oxygens (including phenoxy) is 1. The van der Waals surface area contributed by atoms with E-state index in [1.807, 2.05) is 46.8 Å². The molecule has 0 spiro atoms. The molecule has 1 saturated heterocycles. The van der Waals surface area contributed by atoms with Gasteiger partial charge in [0.2, 0.25) is 5.91 Å². The minimum Gasteiger partial charge on any atom is -0.461 e. The van der Waals surface area contributed by atoms with Crippen molar-refractivity contribution in [3.8, 4) is 0 Å². The summed E-state index contributed by atoms with van der Waals surface area (Å²) in [6, 6.07) is 8.96. The van der Waals surface area contributed by atoms with Crippen LogP contribution in [0.3, 0.4) is 0 Å². The smallest absolute Gasteiger partial charge is 0.354 e. The highest BCUT2D eigenvalue weighted by atomic mass is 32.1. The number of para-hydroxylation sites is 1. The van der Waals surface area contributed by atoms with Gasteiger partial charge in [-0.15, -0.1) is 11.3 Å². The number of benzene rings is 1. The summed E-state index contributed by atoms with van der Waals surface area (Å²) in [4.78, 5) is 32.1. The van der Waals surface area contributed by atoms with Gasteiger partial charge >= 0.3 is 5.97 Å². The molecule has 2 unspecified atom stereocenters. The topological polar surface area (TPSA) is 75.1 Å². The number of likely N-dealkylation sites (tertiary alicyclic amines) is 1. The molecule has 4 rings (SSSR count). The van der Waals surface area contributed by atoms with Gasteiger partial charge in [0, 0.05) is 37.0 Å². The predicted molar refractivity (Wildman–Crippen MR) is 112 cm³/mol. The zero-order chi connectivity index (χ0) is 20.2. The lowest BCUT2D eigenvalue weighted by atomic mass is 9.97. The van der Waals surface area contributed by atoms with E-state index < -0.39 is 12.0 Å². The molecule has 2 aliphatic heterocycles. The predicted octanol–water partition coefficient (Wildman–Crippen LogP) is 3.05. The monoisotopic (exact) mass is 412 g/mol. The first-order valence-corrected chi connectivity index (χ1v) is 10.8. The zero-order valence-corrected chi connectivity index (χ0v) is 17.2. The summed E-state index contributed by atoms with van der Waals surface area (Å²) in [5.74, 6) is -0.189. The summed E-state index contributed by atoms with van der Waals surface area (Å²) in [5, 5.41) is 9.19. The van der Waals surface area contributed by atoms with Crippen LogP contribution in [0.25, 0.3) is 0 Å². The van der Waals surface area contributed by atoms with E-state index in [1.165, 1.54) is 0 Å². The maximum absolute atomic E-state index is 13.5. The number of amides is 1. The van der Waals surface area contributed by atoms with Crippen molar-refractivity contribution in [3.05, 3.63) is 46.9 Å². The summed E-state index contributed by atoms with van der Waals surface area (Å²) < 4.78 is 5.12. The number of carbonyl (C=O) groups is 2. The Morgan fingerprint density at radius 2 is 2.10 bits per heavy atom. The van der Waals surface area contributed by atoms with E-state index in [0.29, 0.717) is 18.8 Å². The lowest BCUT2D eigenvalue weighted by Crippen LogP contribution is -2.48. The van der Waals surface area contributed by atoms with Gasteiger partial charge in [0.05, 0.1) is 17.3 Å². The van der Waals surface area contributed by atoms with Gasteiger partial charge < -0.3 is 9.64 Å². The van der Waals surface area contributed by atoms with Crippen LogP contribution in [0.5, 0.6) is 0 Å². The van der Waals surface area contributed by atoms with Crippen LogP contribution in [-0.4, -0.2) is 53.2 Å². The lowest BCUT2D eigenvalue weighted by Gasteiger charge is -2.35. The number of piperidine rings is 1. The first-order valence-electron chi connectivity index (χ1n) is 9.94. The molecule has 152 valence electrons. The second-order valence-corrected chi connectivity index (χ2v) is 8.09. The molecule has 8 heteroatoms. The fourth-order valence-corrected chi connectivity index (χ4v) is 4.65. The second kappa shape index (κ2) is 8.73. The number of hydrazone groups is 1. The molecule has 1 amide bonds. The standard InChI is InChI=1S/C21H24N4O3S/c1-2-28-21(27)17-13-18(25(23-17)16-8-4-3-5-9-16)20(26)24-11-6-7-15(14-24)19-22-10-12-29-19/h3-5,8-10,12,15,18H,2,6-7,11,13-14H2,1H3. The number of carbonyl (C=O) groups excluding carboxylic acids is 2. The SMILES string of the molecule is CCOC(=O)C1=NN(c2ccccc2)C(C(=O)N2CCCC(c3nccs3)C2)C1. The van der Waals surface area contributed by atoms with Crippen LogP contribution in [0.2, 0.25) is 0 Å². The van der Waals surface area contributed by atoms with Crippen molar-refractivity contribution in [2.24, 2.45) is 5.10 Å². The summed E-state index contributed by atoms with van der Waals surface area (Å²) >= 11 is 1.64. The fraction of sp³-hybridized carbons (Fsp3) is 0.429. The normalized spacial score (nSPS) is 21.8. The van der Waals surface area contributed by atoms with Crippen LogP contribution >= 0.6 is 11.3 Å². The van der Waals surface area contributed by atoms with Gasteiger partial charge in [-0.25, -0.2) is 9.78 Å². The van der Waals surface area contributed by atoms with Gasteiger partial charge in [-0.1, -0.05) is 18.2 Å². The zero-order valence-electron chi connectivity index (χ0n) is 16.4. The maximum atomic E-state index is 13.5. The number of rotatable bonds is 5. The lowest BCUT2D eigenvalue weighted by molar-refractivity contribution is -0.135. The molecule has 2 aliphatic rings. The van der Waals surface area contributed by atoms with Crippen LogP contribution < -0.4 is 5.01 Å². The van der Waals surface area contributed by atoms with Gasteiger partial charge in [-0.3, -0.25) is 9.80 Å². The van der Waals surface area contributed by atoms with Crippen molar-refractivity contribution in [1.29, 1.82) is 0 Å². The molecule has 0 radical (unpaired) electrons. The molecule has 29 heavy (non-hydrogen) atoms. The van der Waals surface area contributed by atoms with E-state index in [0.717, 1.165) is 23.5 Å². The van der Waals surface area contributed by atoms with Gasteiger partial charge in [0.1, 0.15) is 11.8 Å². The van der Waals surface area contributed by atoms with Crippen molar-refractivity contribution >= 4 is 34.6 Å². The van der Waals surface area contributed by atoms with Crippen molar-refractivity contribution in [3.63, 3.8) is 0 Å². The Morgan fingerprint density at radius 3 is 2.83 bits per heavy atom. The highest BCUT2D eigenvalue weighted by Crippen LogP contribution is 2.31. The number of anilines is 1. The second-order valence-electron chi connectivity index (χ2n) is 7.16. The molecule has 0 bridgehead atoms. The minimum absolute atomic E-state index is 0.00171. The van der Waals surface area contributed by atoms with Crippen LogP contribution in [0.4, 0.5) is 5.69 Å². The van der Waals surface area contributed by atoms with E-state index in [1.54, 1.807) is 23.3 Å². The summed E-state index contributed by atoms with van der Waals surface area (Å²) in [6.45, 7) is 3.41. The molecule has 1 aromatic heterocycles. The Kier molecular flexibility index (Phi) is 5.89. The van der Waals surface area contributed by atoms with E-state index >= 15 is 0 Å². The summed E-state index contributed by atoms with van der Waals surface area (Å²) in [5.41, 5.74) is 1.08. The first kappa shape index (κ1) is 19.6. The van der Waals surface area contributed by atoms with Crippen molar-refractivity contribution in [1.82, 2.24) is 9.88 Å². The number of aromatic nitrogens is 1. The third kappa shape index (κ3) is 4.17. The number of esters is 1. The Labute approximate surface area is 174 Å². The van der Waals surface area contributed by atoms with Crippen molar-refractivity contribution in [2.45, 2.75) is 38.1 Å². The average molecular weight is 413 g/mol. The number of hydrogen-bond acceptors (Lipinski definition) is 7. The van der Waals surface area contributed by atoms with E-state index in [4.69, 9.17) is 4.74 Å². The molecule has 7 nitrogen and oxygen atoms in total. The molecule has 1 fully saturated rings. The number of nitrogens with zero attached hydrogens (tertiary/aromatic N) is 4. The van der Waals surface area contributed by atoms with Crippen LogP contribution in [0, 0.1) is 0 Å². The van der Waals surface area contributed by atoms with Gasteiger partial charge in [0.15, 0.2) is 0 Å². The first-order chi connectivity index (χ1) is 14.2. The number of hydrogen-bond donors (Lipinski definition) is 0. The Morgan fingerprint density at radius 1 is 1.28 bits per heavy atom. The van der Waals surface area contributed by atoms with E-state index in [9.17, 15) is 9.59 Å². The molecule has 2 atom stereocenters. The van der Waals surface area contributed by atoms with Crippen LogP contribution in [0.1, 0.15) is 37.1 Å². The van der Waals surface area contributed by atoms with Crippen molar-refractivity contribution < 1.29 is 14.3 Å². The molecular formula is C21H24N4O3S. The minimum atomic E-state index is -0.535. The summed E-state index contributed by atoms with van der Waals surface area (Å²) in [7, 11) is 0.